The lowest BCUT2D eigenvalue weighted by Crippen LogP contribution is -2.66. The zero-order chi connectivity index (χ0) is 69.6. The number of allylic oxidation sites excluding steroid dienone is 9. The molecule has 3 rings (SSSR count). The lowest BCUT2D eigenvalue weighted by Gasteiger charge is -2.48. The zero-order valence-corrected chi connectivity index (χ0v) is 59.6. The number of hydrogen-bond donors (Lipinski definition) is 12. The van der Waals surface area contributed by atoms with E-state index in [0.29, 0.717) is 6.42 Å². The number of aliphatic hydroxyl groups is 11. The second kappa shape index (κ2) is 58.0. The molecule has 0 aromatic rings. The quantitative estimate of drug-likeness (QED) is 0.0199. The van der Waals surface area contributed by atoms with Gasteiger partial charge in [-0.25, -0.2) is 0 Å². The van der Waals surface area contributed by atoms with Crippen molar-refractivity contribution in [1.29, 1.82) is 0 Å². The summed E-state index contributed by atoms with van der Waals surface area (Å²) in [7, 11) is 0. The van der Waals surface area contributed by atoms with E-state index >= 15 is 0 Å². The van der Waals surface area contributed by atoms with Crippen molar-refractivity contribution in [3.05, 3.63) is 60.8 Å². The van der Waals surface area contributed by atoms with Crippen molar-refractivity contribution < 1.29 is 89.4 Å². The number of ether oxygens (including phenoxy) is 6. The first-order valence-electron chi connectivity index (χ1n) is 38.5. The van der Waals surface area contributed by atoms with Gasteiger partial charge in [-0.3, -0.25) is 4.79 Å². The molecule has 12 N–H and O–H groups in total. The third-order valence-corrected chi connectivity index (χ3v) is 19.1. The summed E-state index contributed by atoms with van der Waals surface area (Å²) in [6.45, 7) is 1.64. The van der Waals surface area contributed by atoms with Crippen LogP contribution in [0.15, 0.2) is 60.8 Å². The summed E-state index contributed by atoms with van der Waals surface area (Å²) in [6.07, 6.45) is 46.3. The Morgan fingerprint density at radius 3 is 1.12 bits per heavy atom. The average Bonchev–Trinajstić information content (AvgIpc) is 0.785. The van der Waals surface area contributed by atoms with E-state index < -0.39 is 124 Å². The minimum absolute atomic E-state index is 0.232. The smallest absolute Gasteiger partial charge is 0.220 e. The monoisotopic (exact) mass is 1370 g/mol. The molecule has 96 heavy (non-hydrogen) atoms. The predicted molar refractivity (Wildman–Crippen MR) is 379 cm³/mol. The molecule has 0 bridgehead atoms. The van der Waals surface area contributed by atoms with Crippen molar-refractivity contribution in [2.75, 3.05) is 26.4 Å². The highest BCUT2D eigenvalue weighted by molar-refractivity contribution is 5.76. The maximum atomic E-state index is 13.4. The van der Waals surface area contributed by atoms with E-state index in [1.807, 2.05) is 6.08 Å². The van der Waals surface area contributed by atoms with Gasteiger partial charge in [-0.05, 0) is 57.8 Å². The van der Waals surface area contributed by atoms with Gasteiger partial charge >= 0.3 is 0 Å². The number of carbonyl (C=O) groups is 1. The minimum atomic E-state index is -1.98. The first-order valence-corrected chi connectivity index (χ1v) is 38.5. The van der Waals surface area contributed by atoms with Crippen LogP contribution in [0.4, 0.5) is 0 Å². The first-order chi connectivity index (χ1) is 46.8. The number of carbonyl (C=O) groups excluding carboxylic acids is 1. The maximum absolute atomic E-state index is 13.4. The van der Waals surface area contributed by atoms with E-state index in [-0.39, 0.29) is 18.9 Å². The normalized spacial score (nSPS) is 27.4. The fourth-order valence-corrected chi connectivity index (χ4v) is 12.9. The third-order valence-electron chi connectivity index (χ3n) is 19.1. The molecule has 17 unspecified atom stereocenters. The molecule has 0 aliphatic carbocycles. The van der Waals surface area contributed by atoms with Crippen molar-refractivity contribution in [3.63, 3.8) is 0 Å². The van der Waals surface area contributed by atoms with E-state index in [1.165, 1.54) is 180 Å². The van der Waals surface area contributed by atoms with Gasteiger partial charge in [0.05, 0.1) is 38.6 Å². The highest BCUT2D eigenvalue weighted by atomic mass is 16.8. The molecule has 17 atom stereocenters. The van der Waals surface area contributed by atoms with Gasteiger partial charge in [0.2, 0.25) is 5.91 Å². The van der Waals surface area contributed by atoms with Gasteiger partial charge in [0.15, 0.2) is 18.9 Å². The Hall–Kier alpha value is -2.51. The number of hydrogen-bond acceptors (Lipinski definition) is 18. The molecule has 0 aromatic heterocycles. The molecule has 19 heteroatoms. The molecule has 3 aliphatic heterocycles. The van der Waals surface area contributed by atoms with Crippen LogP contribution >= 0.6 is 0 Å². The number of amides is 1. The maximum Gasteiger partial charge on any atom is 0.220 e. The summed E-state index contributed by atoms with van der Waals surface area (Å²) in [5, 5.41) is 121. The Balaban J connectivity index is 1.39. The van der Waals surface area contributed by atoms with Gasteiger partial charge in [-0.15, -0.1) is 0 Å². The van der Waals surface area contributed by atoms with Gasteiger partial charge in [0.25, 0.3) is 0 Å². The Bertz CT molecular complexity index is 1970. The second-order valence-electron chi connectivity index (χ2n) is 27.4. The lowest BCUT2D eigenvalue weighted by molar-refractivity contribution is -0.379. The molecular weight excluding hydrogens is 1230 g/mol. The van der Waals surface area contributed by atoms with Crippen LogP contribution in [0.1, 0.15) is 290 Å². The molecule has 3 saturated heterocycles. The first kappa shape index (κ1) is 87.7. The Morgan fingerprint density at radius 1 is 0.385 bits per heavy atom. The van der Waals surface area contributed by atoms with Gasteiger partial charge < -0.3 is 89.9 Å². The number of aliphatic hydroxyl groups excluding tert-OH is 11. The van der Waals surface area contributed by atoms with Crippen LogP contribution in [0.3, 0.4) is 0 Å². The molecule has 0 aromatic carbocycles. The molecular formula is C77H139NO18. The Morgan fingerprint density at radius 2 is 0.719 bits per heavy atom. The molecule has 3 fully saturated rings. The van der Waals surface area contributed by atoms with Crippen molar-refractivity contribution >= 4 is 5.91 Å². The summed E-state index contributed by atoms with van der Waals surface area (Å²) in [6, 6.07) is -0.982. The summed E-state index contributed by atoms with van der Waals surface area (Å²) in [4.78, 5) is 13.4. The van der Waals surface area contributed by atoms with Crippen LogP contribution < -0.4 is 5.32 Å². The highest BCUT2D eigenvalue weighted by Gasteiger charge is 2.53. The molecule has 19 nitrogen and oxygen atoms in total. The fourth-order valence-electron chi connectivity index (χ4n) is 12.9. The lowest BCUT2D eigenvalue weighted by atomic mass is 9.96. The van der Waals surface area contributed by atoms with Crippen molar-refractivity contribution in [2.24, 2.45) is 0 Å². The average molecular weight is 1370 g/mol. The van der Waals surface area contributed by atoms with Gasteiger partial charge in [-0.1, -0.05) is 286 Å². The second-order valence-corrected chi connectivity index (χ2v) is 27.4. The minimum Gasteiger partial charge on any atom is -0.394 e. The van der Waals surface area contributed by atoms with Gasteiger partial charge in [0, 0.05) is 6.42 Å². The zero-order valence-electron chi connectivity index (χ0n) is 59.6. The van der Waals surface area contributed by atoms with Crippen LogP contribution in [0.5, 0.6) is 0 Å². The standard InChI is InChI=1S/C77H139NO18/c1-3-5-7-9-11-13-15-17-19-21-23-25-26-27-28-29-30-31-32-33-35-36-38-40-42-44-46-48-50-52-54-61(82)60(78-65(83)55-53-51-49-47-45-43-41-39-37-34-24-22-20-18-16-14-12-10-8-6-4-2)59-91-75-71(89)68(86)73(63(57-80)93-75)96-77-72(90)69(87)74(64(58-81)94-77)95-76-70(88)67(85)66(84)62(56-79)92-76/h6,8,12,14,18,20,24,34,52,54,60-64,66-77,79-82,84-90H,3-5,7,9-11,13,15-17,19,21-23,25-33,35-51,53,55-59H2,1-2H3,(H,78,83)/b8-6-,14-12-,20-18-,34-24-,54-52+. The van der Waals surface area contributed by atoms with E-state index in [4.69, 9.17) is 28.4 Å². The number of nitrogens with one attached hydrogen (secondary N) is 1. The van der Waals surface area contributed by atoms with Crippen LogP contribution in [0.25, 0.3) is 0 Å². The summed E-state index contributed by atoms with van der Waals surface area (Å²) in [5.41, 5.74) is 0. The largest absolute Gasteiger partial charge is 0.394 e. The Labute approximate surface area is 579 Å². The fraction of sp³-hybridized carbons (Fsp3) is 0.857. The van der Waals surface area contributed by atoms with Crippen molar-refractivity contribution in [3.8, 4) is 0 Å². The predicted octanol–water partition coefficient (Wildman–Crippen LogP) is 11.9. The number of unbranched alkanes of at least 4 members (excludes halogenated alkanes) is 36. The van der Waals surface area contributed by atoms with Crippen LogP contribution in [-0.2, 0) is 33.2 Å². The molecule has 0 saturated carbocycles. The van der Waals surface area contributed by atoms with E-state index in [0.717, 1.165) is 83.5 Å². The summed E-state index contributed by atoms with van der Waals surface area (Å²) >= 11 is 0. The Kier molecular flexibility index (Phi) is 53.0. The SMILES string of the molecule is CC/C=C\C/C=C\C/C=C\C/C=C\CCCCCCCCCCC(=O)NC(COC1OC(CO)C(OC2OC(CO)C(OC3OC(CO)C(O)C(O)C3O)C(O)C2O)C(O)C1O)C(O)/C=C/CCCCCCCCCCCCCCCCCCCCCCCCCCCCCC. The molecule has 560 valence electrons. The topological polar surface area (TPSA) is 307 Å². The van der Waals surface area contributed by atoms with Gasteiger partial charge in [0.1, 0.15) is 73.2 Å². The van der Waals surface area contributed by atoms with Crippen molar-refractivity contribution in [1.82, 2.24) is 5.32 Å². The molecule has 0 spiro atoms. The summed E-state index contributed by atoms with van der Waals surface area (Å²) in [5.74, 6) is -0.283. The van der Waals surface area contributed by atoms with E-state index in [1.54, 1.807) is 6.08 Å². The highest BCUT2D eigenvalue weighted by Crippen LogP contribution is 2.33. The molecule has 3 aliphatic rings. The molecule has 3 heterocycles. The third kappa shape index (κ3) is 38.5. The van der Waals surface area contributed by atoms with Crippen LogP contribution in [0, 0.1) is 0 Å². The van der Waals surface area contributed by atoms with Crippen molar-refractivity contribution in [2.45, 2.75) is 394 Å². The van der Waals surface area contributed by atoms with E-state index in [9.17, 15) is 61.0 Å². The van der Waals surface area contributed by atoms with Crippen LogP contribution in [-0.4, -0.2) is 193 Å². The molecule has 1 amide bonds. The van der Waals surface area contributed by atoms with Gasteiger partial charge in [-0.2, -0.15) is 0 Å². The number of rotatable bonds is 60. The molecule has 0 radical (unpaired) electrons. The summed E-state index contributed by atoms with van der Waals surface area (Å²) < 4.78 is 34.4. The van der Waals surface area contributed by atoms with Crippen LogP contribution in [0.2, 0.25) is 0 Å². The van der Waals surface area contributed by atoms with E-state index in [2.05, 4.69) is 67.8 Å².